The highest BCUT2D eigenvalue weighted by atomic mass is 16.5. The number of benzene rings is 1. The molecule has 0 bridgehead atoms. The maximum absolute atomic E-state index is 10.7. The van der Waals surface area contributed by atoms with E-state index >= 15 is 0 Å². The molecule has 0 amide bonds. The van der Waals surface area contributed by atoms with E-state index in [0.717, 1.165) is 29.7 Å². The fraction of sp³-hybridized carbons (Fsp3) is 0.364. The van der Waals surface area contributed by atoms with Crippen LogP contribution in [0.3, 0.4) is 0 Å². The fourth-order valence-corrected chi connectivity index (χ4v) is 1.30. The summed E-state index contributed by atoms with van der Waals surface area (Å²) in [5.74, 6) is 0.785. The summed E-state index contributed by atoms with van der Waals surface area (Å²) in [6.45, 7) is 0.741. The number of carbonyl (C=O) groups is 1. The van der Waals surface area contributed by atoms with Gasteiger partial charge in [-0.3, -0.25) is 4.79 Å². The third-order valence-electron chi connectivity index (χ3n) is 1.96. The summed E-state index contributed by atoms with van der Waals surface area (Å²) >= 11 is 0. The Labute approximate surface area is 84.3 Å². The Morgan fingerprint density at radius 2 is 2.14 bits per heavy atom. The summed E-state index contributed by atoms with van der Waals surface area (Å²) in [6.07, 6.45) is 0.873. The lowest BCUT2D eigenvalue weighted by Gasteiger charge is -2.12. The Morgan fingerprint density at radius 3 is 2.64 bits per heavy atom. The van der Waals surface area contributed by atoms with E-state index in [0.29, 0.717) is 0 Å². The molecule has 0 heterocycles. The van der Waals surface area contributed by atoms with Crippen LogP contribution >= 0.6 is 0 Å². The van der Waals surface area contributed by atoms with Crippen LogP contribution in [0.25, 0.3) is 0 Å². The average Bonchev–Trinajstić information content (AvgIpc) is 2.16. The molecule has 0 aliphatic rings. The van der Waals surface area contributed by atoms with Crippen molar-refractivity contribution >= 4 is 6.29 Å². The normalized spacial score (nSPS) is 10.3. The van der Waals surface area contributed by atoms with Gasteiger partial charge in [-0.25, -0.2) is 0 Å². The third-order valence-corrected chi connectivity index (χ3v) is 1.96. The summed E-state index contributed by atoms with van der Waals surface area (Å²) in [6, 6.07) is 5.47. The van der Waals surface area contributed by atoms with Gasteiger partial charge in [-0.15, -0.1) is 0 Å². The molecule has 0 N–H and O–H groups in total. The smallest absolute Gasteiger partial charge is 0.150 e. The molecule has 0 atom stereocenters. The number of hydrogen-bond acceptors (Lipinski definition) is 3. The molecule has 76 valence electrons. The van der Waals surface area contributed by atoms with Crippen LogP contribution in [0.1, 0.15) is 15.9 Å². The molecule has 3 nitrogen and oxygen atoms in total. The van der Waals surface area contributed by atoms with Crippen LogP contribution in [-0.4, -0.2) is 32.4 Å². The molecule has 0 unspecified atom stereocenters. The molecule has 14 heavy (non-hydrogen) atoms. The maximum Gasteiger partial charge on any atom is 0.150 e. The second-order valence-electron chi connectivity index (χ2n) is 3.42. The number of nitrogens with zero attached hydrogens (tertiary/aromatic N) is 1. The first-order chi connectivity index (χ1) is 6.67. The highest BCUT2D eigenvalue weighted by molar-refractivity contribution is 5.77. The quantitative estimate of drug-likeness (QED) is 0.680. The monoisotopic (exact) mass is 193 g/mol. The number of ether oxygens (including phenoxy) is 1. The zero-order valence-corrected chi connectivity index (χ0v) is 8.78. The molecule has 0 fully saturated rings. The van der Waals surface area contributed by atoms with Crippen LogP contribution in [0.4, 0.5) is 0 Å². The van der Waals surface area contributed by atoms with E-state index in [1.165, 1.54) is 0 Å². The average molecular weight is 193 g/mol. The van der Waals surface area contributed by atoms with Gasteiger partial charge in [-0.05, 0) is 37.9 Å². The Bertz CT molecular complexity index is 321. The van der Waals surface area contributed by atoms with Crippen molar-refractivity contribution in [2.75, 3.05) is 21.2 Å². The van der Waals surface area contributed by atoms with Gasteiger partial charge in [0.2, 0.25) is 0 Å². The van der Waals surface area contributed by atoms with E-state index in [9.17, 15) is 4.79 Å². The van der Waals surface area contributed by atoms with E-state index < -0.39 is 0 Å². The summed E-state index contributed by atoms with van der Waals surface area (Å²) < 4.78 is 5.10. The largest absolute Gasteiger partial charge is 0.497 e. The van der Waals surface area contributed by atoms with Crippen molar-refractivity contribution < 1.29 is 9.53 Å². The maximum atomic E-state index is 10.7. The van der Waals surface area contributed by atoms with Crippen molar-refractivity contribution in [3.05, 3.63) is 29.3 Å². The first-order valence-electron chi connectivity index (χ1n) is 4.44. The number of rotatable bonds is 4. The Balaban J connectivity index is 3.01. The van der Waals surface area contributed by atoms with E-state index in [1.54, 1.807) is 19.2 Å². The van der Waals surface area contributed by atoms with Crippen LogP contribution in [0, 0.1) is 0 Å². The van der Waals surface area contributed by atoms with Gasteiger partial charge in [0.25, 0.3) is 0 Å². The SMILES string of the molecule is COc1ccc(C=O)c(CN(C)C)c1. The minimum absolute atomic E-state index is 0.722. The zero-order valence-electron chi connectivity index (χ0n) is 8.78. The second kappa shape index (κ2) is 4.77. The molecular weight excluding hydrogens is 178 g/mol. The van der Waals surface area contributed by atoms with Gasteiger partial charge >= 0.3 is 0 Å². The van der Waals surface area contributed by atoms with Gasteiger partial charge in [0.1, 0.15) is 12.0 Å². The molecule has 0 radical (unpaired) electrons. The van der Waals surface area contributed by atoms with E-state index in [2.05, 4.69) is 0 Å². The highest BCUT2D eigenvalue weighted by Crippen LogP contribution is 2.17. The number of methoxy groups -OCH3 is 1. The van der Waals surface area contributed by atoms with Crippen molar-refractivity contribution in [3.8, 4) is 5.75 Å². The van der Waals surface area contributed by atoms with Crippen molar-refractivity contribution in [3.63, 3.8) is 0 Å². The predicted molar refractivity (Wildman–Crippen MR) is 55.8 cm³/mol. The lowest BCUT2D eigenvalue weighted by atomic mass is 10.1. The molecule has 0 saturated heterocycles. The number of hydrogen-bond donors (Lipinski definition) is 0. The lowest BCUT2D eigenvalue weighted by Crippen LogP contribution is -2.12. The molecule has 1 aromatic rings. The van der Waals surface area contributed by atoms with Crippen molar-refractivity contribution in [1.82, 2.24) is 4.90 Å². The summed E-state index contributed by atoms with van der Waals surface area (Å²) in [4.78, 5) is 12.8. The van der Waals surface area contributed by atoms with Gasteiger partial charge in [-0.2, -0.15) is 0 Å². The molecule has 0 aliphatic carbocycles. The molecule has 0 spiro atoms. The lowest BCUT2D eigenvalue weighted by molar-refractivity contribution is 0.112. The van der Waals surface area contributed by atoms with Crippen molar-refractivity contribution in [1.29, 1.82) is 0 Å². The fourth-order valence-electron chi connectivity index (χ4n) is 1.30. The third kappa shape index (κ3) is 2.57. The van der Waals surface area contributed by atoms with E-state index in [1.807, 2.05) is 25.1 Å². The number of aldehydes is 1. The minimum atomic E-state index is 0.722. The van der Waals surface area contributed by atoms with Crippen LogP contribution in [0.2, 0.25) is 0 Å². The standard InChI is InChI=1S/C11H15NO2/c1-12(2)7-10-6-11(14-3)5-4-9(10)8-13/h4-6,8H,7H2,1-3H3. The Hall–Kier alpha value is -1.35. The van der Waals surface area contributed by atoms with Gasteiger partial charge in [0.15, 0.2) is 0 Å². The first-order valence-corrected chi connectivity index (χ1v) is 4.44. The van der Waals surface area contributed by atoms with Crippen molar-refractivity contribution in [2.45, 2.75) is 6.54 Å². The van der Waals surface area contributed by atoms with Gasteiger partial charge in [0.05, 0.1) is 7.11 Å². The highest BCUT2D eigenvalue weighted by Gasteiger charge is 2.04. The molecule has 0 aliphatic heterocycles. The van der Waals surface area contributed by atoms with Crippen LogP contribution < -0.4 is 4.74 Å². The molecule has 1 rings (SSSR count). The first kappa shape index (κ1) is 10.7. The number of carbonyl (C=O) groups excluding carboxylic acids is 1. The molecule has 1 aromatic carbocycles. The Kier molecular flexibility index (Phi) is 3.65. The summed E-state index contributed by atoms with van der Waals surface area (Å²) in [5, 5.41) is 0. The van der Waals surface area contributed by atoms with Crippen molar-refractivity contribution in [2.24, 2.45) is 0 Å². The molecule has 3 heteroatoms. The second-order valence-corrected chi connectivity index (χ2v) is 3.42. The van der Waals surface area contributed by atoms with E-state index in [-0.39, 0.29) is 0 Å². The van der Waals surface area contributed by atoms with Crippen LogP contribution in [0.15, 0.2) is 18.2 Å². The van der Waals surface area contributed by atoms with Gasteiger partial charge < -0.3 is 9.64 Å². The summed E-state index contributed by atoms with van der Waals surface area (Å²) in [7, 11) is 5.55. The molecule has 0 aromatic heterocycles. The minimum Gasteiger partial charge on any atom is -0.497 e. The zero-order chi connectivity index (χ0) is 10.6. The van der Waals surface area contributed by atoms with Crippen LogP contribution in [-0.2, 0) is 6.54 Å². The molecular formula is C11H15NO2. The topological polar surface area (TPSA) is 29.5 Å². The van der Waals surface area contributed by atoms with Gasteiger partial charge in [-0.1, -0.05) is 0 Å². The Morgan fingerprint density at radius 1 is 1.43 bits per heavy atom. The van der Waals surface area contributed by atoms with Crippen LogP contribution in [0.5, 0.6) is 5.75 Å². The van der Waals surface area contributed by atoms with E-state index in [4.69, 9.17) is 4.74 Å². The molecule has 0 saturated carbocycles. The predicted octanol–water partition coefficient (Wildman–Crippen LogP) is 1.57. The van der Waals surface area contributed by atoms with Gasteiger partial charge in [0, 0.05) is 12.1 Å². The summed E-state index contributed by atoms with van der Waals surface area (Å²) in [5.41, 5.74) is 1.71.